The summed E-state index contributed by atoms with van der Waals surface area (Å²) in [6, 6.07) is 14.8. The molecule has 0 amide bonds. The fraction of sp³-hybridized carbons (Fsp3) is 0.294. The summed E-state index contributed by atoms with van der Waals surface area (Å²) in [5.74, 6) is 5.55. The van der Waals surface area contributed by atoms with Crippen LogP contribution in [0.25, 0.3) is 0 Å². The van der Waals surface area contributed by atoms with Gasteiger partial charge >= 0.3 is 0 Å². The third-order valence-electron chi connectivity index (χ3n) is 3.99. The quantitative estimate of drug-likeness (QED) is 0.633. The Morgan fingerprint density at radius 3 is 2.43 bits per heavy atom. The van der Waals surface area contributed by atoms with Crippen LogP contribution in [-0.4, -0.2) is 6.04 Å². The highest BCUT2D eigenvalue weighted by molar-refractivity contribution is 9.10. The number of nitrogens with two attached hydrogens (primary N) is 1. The van der Waals surface area contributed by atoms with E-state index in [9.17, 15) is 4.39 Å². The van der Waals surface area contributed by atoms with Gasteiger partial charge in [0.25, 0.3) is 0 Å². The van der Waals surface area contributed by atoms with Gasteiger partial charge in [-0.3, -0.25) is 11.3 Å². The summed E-state index contributed by atoms with van der Waals surface area (Å²) in [4.78, 5) is 0. The Kier molecular flexibility index (Phi) is 5.14. The number of hydrogen-bond donors (Lipinski definition) is 2. The van der Waals surface area contributed by atoms with E-state index in [1.165, 1.54) is 17.7 Å². The summed E-state index contributed by atoms with van der Waals surface area (Å²) in [6.45, 7) is 4.23. The van der Waals surface area contributed by atoms with Crippen molar-refractivity contribution in [3.8, 4) is 0 Å². The minimum atomic E-state index is -0.223. The Labute approximate surface area is 133 Å². The summed E-state index contributed by atoms with van der Waals surface area (Å²) in [6.07, 6.45) is 0.792. The molecule has 112 valence electrons. The van der Waals surface area contributed by atoms with Gasteiger partial charge in [-0.25, -0.2) is 4.39 Å². The van der Waals surface area contributed by atoms with Crippen LogP contribution in [0.2, 0.25) is 0 Å². The fourth-order valence-electron chi connectivity index (χ4n) is 2.50. The topological polar surface area (TPSA) is 38.0 Å². The van der Waals surface area contributed by atoms with Gasteiger partial charge in [0.2, 0.25) is 0 Å². The maximum Gasteiger partial charge on any atom is 0.123 e. The molecule has 0 bridgehead atoms. The second-order valence-corrected chi connectivity index (χ2v) is 6.70. The minimum absolute atomic E-state index is 0.0391. The highest BCUT2D eigenvalue weighted by Crippen LogP contribution is 2.29. The van der Waals surface area contributed by atoms with Gasteiger partial charge in [-0.1, -0.05) is 54.0 Å². The first kappa shape index (κ1) is 16.1. The lowest BCUT2D eigenvalue weighted by Gasteiger charge is -2.34. The third-order valence-corrected chi connectivity index (χ3v) is 4.48. The van der Waals surface area contributed by atoms with Crippen molar-refractivity contribution in [2.45, 2.75) is 31.7 Å². The largest absolute Gasteiger partial charge is 0.271 e. The number of halogens is 2. The fourth-order valence-corrected chi connectivity index (χ4v) is 2.95. The van der Waals surface area contributed by atoms with Crippen molar-refractivity contribution < 1.29 is 4.39 Å². The van der Waals surface area contributed by atoms with Gasteiger partial charge in [0.15, 0.2) is 0 Å². The monoisotopic (exact) mass is 350 g/mol. The lowest BCUT2D eigenvalue weighted by atomic mass is 9.75. The van der Waals surface area contributed by atoms with Crippen molar-refractivity contribution in [2.24, 2.45) is 5.84 Å². The average molecular weight is 351 g/mol. The molecule has 0 spiro atoms. The summed E-state index contributed by atoms with van der Waals surface area (Å²) in [5.41, 5.74) is 4.95. The zero-order chi connectivity index (χ0) is 15.5. The Morgan fingerprint density at radius 2 is 1.86 bits per heavy atom. The van der Waals surface area contributed by atoms with E-state index in [4.69, 9.17) is 5.84 Å². The zero-order valence-electron chi connectivity index (χ0n) is 12.2. The van der Waals surface area contributed by atoms with Gasteiger partial charge in [-0.15, -0.1) is 0 Å². The first-order chi connectivity index (χ1) is 9.93. The molecule has 0 heterocycles. The van der Waals surface area contributed by atoms with Crippen molar-refractivity contribution in [3.05, 3.63) is 69.9 Å². The molecule has 0 radical (unpaired) electrons. The van der Waals surface area contributed by atoms with E-state index in [1.54, 1.807) is 0 Å². The molecule has 0 fully saturated rings. The number of rotatable bonds is 5. The van der Waals surface area contributed by atoms with Crippen molar-refractivity contribution in [2.75, 3.05) is 0 Å². The van der Waals surface area contributed by atoms with Crippen LogP contribution in [0.1, 0.15) is 25.0 Å². The van der Waals surface area contributed by atoms with Crippen LogP contribution >= 0.6 is 15.9 Å². The molecule has 0 aliphatic carbocycles. The maximum atomic E-state index is 13.1. The molecule has 0 aliphatic heterocycles. The summed E-state index contributed by atoms with van der Waals surface area (Å²) in [7, 11) is 0. The van der Waals surface area contributed by atoms with Crippen molar-refractivity contribution in [1.29, 1.82) is 0 Å². The first-order valence-electron chi connectivity index (χ1n) is 6.90. The van der Waals surface area contributed by atoms with E-state index in [-0.39, 0.29) is 17.3 Å². The van der Waals surface area contributed by atoms with E-state index in [1.807, 2.05) is 24.3 Å². The van der Waals surface area contributed by atoms with Gasteiger partial charge in [-0.2, -0.15) is 0 Å². The van der Waals surface area contributed by atoms with Crippen LogP contribution in [0.4, 0.5) is 4.39 Å². The molecular weight excluding hydrogens is 331 g/mol. The Bertz CT molecular complexity index is 596. The molecule has 2 nitrogen and oxygen atoms in total. The second kappa shape index (κ2) is 6.69. The molecule has 0 aromatic heterocycles. The van der Waals surface area contributed by atoms with Gasteiger partial charge in [-0.05, 0) is 41.8 Å². The van der Waals surface area contributed by atoms with Crippen LogP contribution in [0, 0.1) is 5.82 Å². The van der Waals surface area contributed by atoms with E-state index in [2.05, 4.69) is 47.3 Å². The molecule has 3 N–H and O–H groups in total. The van der Waals surface area contributed by atoms with Crippen molar-refractivity contribution in [1.82, 2.24) is 5.43 Å². The van der Waals surface area contributed by atoms with E-state index in [0.717, 1.165) is 16.5 Å². The van der Waals surface area contributed by atoms with Gasteiger partial charge in [0.1, 0.15) is 5.82 Å². The normalized spacial score (nSPS) is 13.2. The molecule has 1 atom stereocenters. The van der Waals surface area contributed by atoms with E-state index in [0.29, 0.717) is 0 Å². The van der Waals surface area contributed by atoms with Crippen molar-refractivity contribution in [3.63, 3.8) is 0 Å². The molecule has 1 unspecified atom stereocenters. The number of hydrazine groups is 1. The zero-order valence-corrected chi connectivity index (χ0v) is 13.8. The van der Waals surface area contributed by atoms with E-state index < -0.39 is 0 Å². The highest BCUT2D eigenvalue weighted by atomic mass is 79.9. The smallest absolute Gasteiger partial charge is 0.123 e. The van der Waals surface area contributed by atoms with Gasteiger partial charge in [0.05, 0.1) is 0 Å². The molecular formula is C17H20BrFN2. The van der Waals surface area contributed by atoms with E-state index >= 15 is 0 Å². The standard InChI is InChI=1S/C17H20BrFN2/c1-17(2,13-6-8-15(19)9-7-13)16(21-20)11-12-4-3-5-14(18)10-12/h3-10,16,21H,11,20H2,1-2H3. The van der Waals surface area contributed by atoms with Crippen molar-refractivity contribution >= 4 is 15.9 Å². The molecule has 2 aromatic rings. The highest BCUT2D eigenvalue weighted by Gasteiger charge is 2.30. The molecule has 21 heavy (non-hydrogen) atoms. The molecule has 0 saturated heterocycles. The second-order valence-electron chi connectivity index (χ2n) is 5.78. The molecule has 2 aromatic carbocycles. The first-order valence-corrected chi connectivity index (χ1v) is 7.69. The Hall–Kier alpha value is -1.23. The average Bonchev–Trinajstić information content (AvgIpc) is 2.45. The molecule has 4 heteroatoms. The van der Waals surface area contributed by atoms with Crippen LogP contribution in [0.15, 0.2) is 53.0 Å². The lowest BCUT2D eigenvalue weighted by molar-refractivity contribution is 0.341. The SMILES string of the molecule is CC(C)(c1ccc(F)cc1)C(Cc1cccc(Br)c1)NN. The van der Waals surface area contributed by atoms with Gasteiger partial charge < -0.3 is 0 Å². The lowest BCUT2D eigenvalue weighted by Crippen LogP contribution is -2.49. The van der Waals surface area contributed by atoms with Crippen LogP contribution in [-0.2, 0) is 11.8 Å². The Morgan fingerprint density at radius 1 is 1.19 bits per heavy atom. The minimum Gasteiger partial charge on any atom is -0.271 e. The number of hydrogen-bond acceptors (Lipinski definition) is 2. The molecule has 0 aliphatic rings. The summed E-state index contributed by atoms with van der Waals surface area (Å²) < 4.78 is 14.2. The third kappa shape index (κ3) is 3.90. The summed E-state index contributed by atoms with van der Waals surface area (Å²) in [5, 5.41) is 0. The number of nitrogens with one attached hydrogen (secondary N) is 1. The summed E-state index contributed by atoms with van der Waals surface area (Å²) >= 11 is 3.48. The van der Waals surface area contributed by atoms with Crippen LogP contribution in [0.5, 0.6) is 0 Å². The molecule has 0 saturated carbocycles. The Balaban J connectivity index is 2.24. The van der Waals surface area contributed by atoms with Crippen LogP contribution in [0.3, 0.4) is 0 Å². The van der Waals surface area contributed by atoms with Crippen LogP contribution < -0.4 is 11.3 Å². The molecule has 2 rings (SSSR count). The maximum absolute atomic E-state index is 13.1. The van der Waals surface area contributed by atoms with Gasteiger partial charge in [0, 0.05) is 15.9 Å². The predicted octanol–water partition coefficient (Wildman–Crippen LogP) is 3.94. The number of benzene rings is 2. The predicted molar refractivity (Wildman–Crippen MR) is 88.4 cm³/mol.